The number of hydrogen-bond donors (Lipinski definition) is 3. The Morgan fingerprint density at radius 2 is 0.865 bits per heavy atom. The number of alkyl carbamates (subject to hydrolysis) is 2. The molecule has 25 nitrogen and oxygen atoms in total. The van der Waals surface area contributed by atoms with E-state index in [9.17, 15) is 45.6 Å². The van der Waals surface area contributed by atoms with Crippen molar-refractivity contribution < 1.29 is 78.2 Å². The van der Waals surface area contributed by atoms with E-state index in [2.05, 4.69) is 74.4 Å². The minimum absolute atomic E-state index is 0.0429. The molecule has 2 aliphatic heterocycles. The van der Waals surface area contributed by atoms with Gasteiger partial charge in [0.05, 0.1) is 45.2 Å². The van der Waals surface area contributed by atoms with Crippen molar-refractivity contribution in [3.63, 3.8) is 0 Å². The molecule has 4 aromatic rings. The van der Waals surface area contributed by atoms with Crippen molar-refractivity contribution in [3.8, 4) is 0 Å². The minimum Gasteiger partial charge on any atom is -0.450 e. The topological polar surface area (TPSA) is 293 Å². The number of hydrogen-bond acceptors (Lipinski definition) is 17. The second kappa shape index (κ2) is 26.5. The highest BCUT2D eigenvalue weighted by Gasteiger charge is 2.50. The number of fused-ring (bicyclic) bond motifs is 2. The van der Waals surface area contributed by atoms with Gasteiger partial charge >= 0.3 is 44.6 Å². The lowest BCUT2D eigenvalue weighted by molar-refractivity contribution is -0.129. The fourth-order valence-electron chi connectivity index (χ4n) is 6.99. The van der Waals surface area contributed by atoms with Crippen LogP contribution in [-0.2, 0) is 47.8 Å². The van der Waals surface area contributed by atoms with Gasteiger partial charge in [-0.15, -0.1) is 18.7 Å². The van der Waals surface area contributed by atoms with Crippen LogP contribution in [0.4, 0.5) is 19.2 Å². The molecule has 31 heteroatoms. The Morgan fingerprint density at radius 3 is 1.15 bits per heavy atom. The molecule has 0 unspecified atom stereocenters. The number of halogens is 4. The Hall–Kier alpha value is -5.28. The van der Waals surface area contributed by atoms with Crippen LogP contribution in [0.25, 0.3) is 0 Å². The lowest BCUT2D eigenvalue weighted by atomic mass is 10.2. The summed E-state index contributed by atoms with van der Waals surface area (Å²) in [5.41, 5.74) is 1.89. The summed E-state index contributed by atoms with van der Waals surface area (Å²) < 4.78 is 87.6. The highest BCUT2D eigenvalue weighted by molar-refractivity contribution is 9.13. The third kappa shape index (κ3) is 13.8. The number of carbonyl (C=O) groups is 6. The van der Waals surface area contributed by atoms with Crippen molar-refractivity contribution in [2.45, 2.75) is 76.0 Å². The average Bonchev–Trinajstić information content (AvgIpc) is 3.82. The molecule has 0 saturated carbocycles. The first-order chi connectivity index (χ1) is 34.8. The maximum absolute atomic E-state index is 13.2. The van der Waals surface area contributed by atoms with E-state index in [1.54, 1.807) is 52.0 Å². The summed E-state index contributed by atoms with van der Waals surface area (Å²) >= 11 is 13.4. The van der Waals surface area contributed by atoms with Gasteiger partial charge in [0.25, 0.3) is 11.8 Å². The van der Waals surface area contributed by atoms with Crippen molar-refractivity contribution in [1.82, 2.24) is 39.7 Å². The van der Waals surface area contributed by atoms with Gasteiger partial charge in [-0.3, -0.25) is 20.2 Å². The minimum atomic E-state index is -4.56. The van der Waals surface area contributed by atoms with Crippen LogP contribution in [0.1, 0.15) is 72.1 Å². The van der Waals surface area contributed by atoms with Crippen LogP contribution in [0.3, 0.4) is 0 Å². The first-order valence-electron chi connectivity index (χ1n) is 21.8. The molecule has 0 radical (unpaired) electrons. The van der Waals surface area contributed by atoms with E-state index < -0.39 is 81.1 Å². The van der Waals surface area contributed by atoms with Crippen LogP contribution in [0.5, 0.6) is 0 Å². The SMILES string of the molecule is CCOC(=O)N[C@@H]1[C@@H](N(OS(=O)(=O)c2ccc(C)cc2)C(=O)OCC)N(C)C(=O)c2cc(Br)c(Br)n21.CCOC(=O)N[C@@H]1[C@@H](N(OS(=O)(=O)c2ccc(C)cc2)C(=O)OCC)N(C)C(=O)c2cc(Br)c(Br)n21.CO. The Morgan fingerprint density at radius 1 is 0.568 bits per heavy atom. The van der Waals surface area contributed by atoms with Gasteiger partial charge in [-0.25, -0.2) is 19.2 Å². The van der Waals surface area contributed by atoms with Crippen molar-refractivity contribution in [2.24, 2.45) is 0 Å². The maximum atomic E-state index is 13.2. The predicted molar refractivity (Wildman–Crippen MR) is 275 cm³/mol. The molecular formula is C43H52Br4N8O17S2. The number of amides is 6. The lowest BCUT2D eigenvalue weighted by Crippen LogP contribution is -2.62. The fourth-order valence-corrected chi connectivity index (χ4v) is 10.7. The average molecular weight is 1340 g/mol. The molecule has 74 heavy (non-hydrogen) atoms. The number of aliphatic hydroxyl groups is 1. The number of ether oxygens (including phenoxy) is 4. The Balaban J connectivity index is 0.000000310. The van der Waals surface area contributed by atoms with Gasteiger partial charge < -0.3 is 43.0 Å². The van der Waals surface area contributed by atoms with E-state index in [0.29, 0.717) is 28.3 Å². The van der Waals surface area contributed by atoms with Crippen LogP contribution < -0.4 is 10.6 Å². The summed E-state index contributed by atoms with van der Waals surface area (Å²) in [7, 11) is -5.46. The third-order valence-electron chi connectivity index (χ3n) is 10.3. The molecule has 6 amide bonds. The number of hydroxylamine groups is 4. The van der Waals surface area contributed by atoms with Gasteiger partial charge in [0.1, 0.15) is 20.6 Å². The molecule has 0 bridgehead atoms. The number of carbonyl (C=O) groups excluding carboxylic acids is 6. The van der Waals surface area contributed by atoms with Crippen molar-refractivity contribution >= 4 is 120 Å². The molecule has 406 valence electrons. The second-order valence-corrected chi connectivity index (χ2v) is 21.4. The molecule has 2 aromatic heterocycles. The number of rotatable bonds is 14. The number of nitrogens with zero attached hydrogens (tertiary/aromatic N) is 6. The normalized spacial score (nSPS) is 17.0. The quantitative estimate of drug-likeness (QED) is 0.0836. The van der Waals surface area contributed by atoms with Crippen molar-refractivity contribution in [1.29, 1.82) is 0 Å². The van der Waals surface area contributed by atoms with Crippen LogP contribution in [-0.4, -0.2) is 147 Å². The van der Waals surface area contributed by atoms with Crippen LogP contribution in [0.2, 0.25) is 0 Å². The van der Waals surface area contributed by atoms with E-state index in [1.807, 2.05) is 0 Å². The molecule has 0 saturated heterocycles. The fraction of sp³-hybridized carbons (Fsp3) is 0.395. The summed E-state index contributed by atoms with van der Waals surface area (Å²) in [5, 5.41) is 13.0. The van der Waals surface area contributed by atoms with E-state index in [-0.39, 0.29) is 47.6 Å². The second-order valence-electron chi connectivity index (χ2n) is 15.1. The van der Waals surface area contributed by atoms with Gasteiger partial charge in [0, 0.05) is 21.2 Å². The smallest absolute Gasteiger partial charge is 0.437 e. The van der Waals surface area contributed by atoms with Crippen LogP contribution in [0.15, 0.2) is 88.6 Å². The Kier molecular flexibility index (Phi) is 21.9. The molecule has 2 aromatic carbocycles. The Labute approximate surface area is 459 Å². The molecule has 4 atom stereocenters. The zero-order valence-corrected chi connectivity index (χ0v) is 48.9. The number of aliphatic hydroxyl groups excluding tert-OH is 1. The molecular weight excluding hydrogens is 1280 g/mol. The van der Waals surface area contributed by atoms with Gasteiger partial charge in [-0.1, -0.05) is 35.4 Å². The number of aromatic nitrogens is 2. The van der Waals surface area contributed by atoms with Crippen LogP contribution >= 0.6 is 63.7 Å². The van der Waals surface area contributed by atoms with E-state index in [1.165, 1.54) is 73.5 Å². The summed E-state index contributed by atoms with van der Waals surface area (Å²) in [5.74, 6) is -1.17. The van der Waals surface area contributed by atoms with Gasteiger partial charge in [-0.2, -0.15) is 16.8 Å². The first-order valence-corrected chi connectivity index (χ1v) is 27.8. The van der Waals surface area contributed by atoms with Gasteiger partial charge in [0.2, 0.25) is 0 Å². The molecule has 0 aliphatic carbocycles. The summed E-state index contributed by atoms with van der Waals surface area (Å²) in [6.07, 6.45) is -9.65. The molecule has 4 heterocycles. The maximum Gasteiger partial charge on any atom is 0.437 e. The standard InChI is InChI=1S/2C21H24Br2N4O8S.CH4O/c2*1-5-33-20(29)24-17-18(25(4)19(28)15-11-14(22)16(23)26(15)17)27(21(30)34-6-2)35-36(31,32)13-9-7-12(3)8-10-13;1-2/h2*7-11,17-18H,5-6H2,1-4H3,(H,24,29);2H,1H3/t2*17-,18+;/m00./s1. The zero-order valence-electron chi connectivity index (χ0n) is 40.9. The highest BCUT2D eigenvalue weighted by atomic mass is 79.9. The number of benzene rings is 2. The zero-order chi connectivity index (χ0) is 55.6. The van der Waals surface area contributed by atoms with Gasteiger partial charge in [-0.05, 0) is 142 Å². The first kappa shape index (κ1) is 61.3. The molecule has 6 rings (SSSR count). The van der Waals surface area contributed by atoms with E-state index in [0.717, 1.165) is 28.0 Å². The third-order valence-corrected chi connectivity index (χ3v) is 16.6. The molecule has 0 fully saturated rings. The lowest BCUT2D eigenvalue weighted by Gasteiger charge is -2.43. The van der Waals surface area contributed by atoms with Gasteiger partial charge in [0.15, 0.2) is 24.7 Å². The summed E-state index contributed by atoms with van der Waals surface area (Å²) in [6, 6.07) is 14.5. The molecule has 0 spiro atoms. The number of nitrogens with one attached hydrogen (secondary N) is 2. The number of aryl methyl sites for hydroxylation is 2. The monoisotopic (exact) mass is 1330 g/mol. The molecule has 3 N–H and O–H groups in total. The summed E-state index contributed by atoms with van der Waals surface area (Å²) in [4.78, 5) is 79.1. The van der Waals surface area contributed by atoms with Crippen LogP contribution in [0, 0.1) is 13.8 Å². The van der Waals surface area contributed by atoms with Crippen molar-refractivity contribution in [2.75, 3.05) is 47.6 Å². The predicted octanol–water partition coefficient (Wildman–Crippen LogP) is 7.12. The summed E-state index contributed by atoms with van der Waals surface area (Å²) in [6.45, 7) is 9.65. The largest absolute Gasteiger partial charge is 0.450 e. The Bertz CT molecular complexity index is 2730. The van der Waals surface area contributed by atoms with E-state index >= 15 is 0 Å². The van der Waals surface area contributed by atoms with Crippen molar-refractivity contribution in [3.05, 3.63) is 101 Å². The number of likely N-dealkylation sites (N-methyl/N-ethyl adjacent to an activating group) is 2. The highest BCUT2D eigenvalue weighted by Crippen LogP contribution is 2.39. The van der Waals surface area contributed by atoms with E-state index in [4.69, 9.17) is 32.6 Å². The molecule has 2 aliphatic rings.